The van der Waals surface area contributed by atoms with E-state index in [-0.39, 0.29) is 12.7 Å². The van der Waals surface area contributed by atoms with Crippen LogP contribution in [0.25, 0.3) is 0 Å². The molecular formula is C6H10O4. The third-order valence-corrected chi connectivity index (χ3v) is 1.64. The normalized spacial score (nSPS) is 43.5. The van der Waals surface area contributed by atoms with Gasteiger partial charge in [-0.05, 0) is 0 Å². The van der Waals surface area contributed by atoms with E-state index < -0.39 is 5.79 Å². The Labute approximate surface area is 58.7 Å². The first kappa shape index (κ1) is 6.54. The number of hydrogen-bond donors (Lipinski definition) is 1. The molecule has 0 spiro atoms. The predicted molar refractivity (Wildman–Crippen MR) is 31.5 cm³/mol. The van der Waals surface area contributed by atoms with E-state index in [0.29, 0.717) is 13.2 Å². The summed E-state index contributed by atoms with van der Waals surface area (Å²) >= 11 is 0. The van der Waals surface area contributed by atoms with Gasteiger partial charge >= 0.3 is 0 Å². The van der Waals surface area contributed by atoms with E-state index in [1.54, 1.807) is 0 Å². The van der Waals surface area contributed by atoms with Crippen LogP contribution in [0.15, 0.2) is 0 Å². The van der Waals surface area contributed by atoms with Crippen molar-refractivity contribution in [3.05, 3.63) is 0 Å². The predicted octanol–water partition coefficient (Wildman–Crippen LogP) is -0.879. The summed E-state index contributed by atoms with van der Waals surface area (Å²) in [5.74, 6) is -0.661. The molecule has 2 unspecified atom stereocenters. The summed E-state index contributed by atoms with van der Waals surface area (Å²) in [6.07, 6.45) is 0.243. The number of rotatable bonds is 4. The van der Waals surface area contributed by atoms with Gasteiger partial charge in [-0.25, -0.2) is 0 Å². The molecule has 2 saturated heterocycles. The van der Waals surface area contributed by atoms with Crippen molar-refractivity contribution in [2.45, 2.75) is 11.9 Å². The van der Waals surface area contributed by atoms with Gasteiger partial charge in [0.1, 0.15) is 12.7 Å². The van der Waals surface area contributed by atoms with Gasteiger partial charge in [0, 0.05) is 0 Å². The van der Waals surface area contributed by atoms with Gasteiger partial charge in [-0.2, -0.15) is 0 Å². The Morgan fingerprint density at radius 1 is 1.70 bits per heavy atom. The lowest BCUT2D eigenvalue weighted by Gasteiger charge is -2.07. The zero-order valence-corrected chi connectivity index (χ0v) is 5.58. The molecule has 2 atom stereocenters. The summed E-state index contributed by atoms with van der Waals surface area (Å²) in [7, 11) is 0. The van der Waals surface area contributed by atoms with Gasteiger partial charge in [0.25, 0.3) is 0 Å². The van der Waals surface area contributed by atoms with Crippen molar-refractivity contribution in [1.82, 2.24) is 0 Å². The second-order valence-corrected chi connectivity index (χ2v) is 2.62. The highest BCUT2D eigenvalue weighted by molar-refractivity contribution is 4.82. The Bertz CT molecular complexity index is 128. The van der Waals surface area contributed by atoms with E-state index in [0.717, 1.165) is 6.61 Å². The number of aliphatic hydroxyl groups excluding tert-OH is 1. The van der Waals surface area contributed by atoms with Crippen LogP contribution in [0.5, 0.6) is 0 Å². The quantitative estimate of drug-likeness (QED) is 0.523. The molecule has 0 aromatic carbocycles. The molecule has 2 aliphatic heterocycles. The molecule has 0 aromatic rings. The zero-order chi connectivity index (χ0) is 7.03. The van der Waals surface area contributed by atoms with Gasteiger partial charge in [0.15, 0.2) is 0 Å². The maximum absolute atomic E-state index is 8.70. The fourth-order valence-electron chi connectivity index (χ4n) is 0.710. The van der Waals surface area contributed by atoms with Gasteiger partial charge in [-0.1, -0.05) is 0 Å². The minimum absolute atomic E-state index is 0.0558. The molecule has 4 nitrogen and oxygen atoms in total. The summed E-state index contributed by atoms with van der Waals surface area (Å²) in [6, 6.07) is 0. The van der Waals surface area contributed by atoms with Gasteiger partial charge in [-0.3, -0.25) is 0 Å². The summed E-state index contributed by atoms with van der Waals surface area (Å²) in [5, 5.41) is 8.70. The number of hydrogen-bond acceptors (Lipinski definition) is 4. The van der Waals surface area contributed by atoms with E-state index in [1.807, 2.05) is 0 Å². The Kier molecular flexibility index (Phi) is 1.42. The molecule has 2 aliphatic rings. The van der Waals surface area contributed by atoms with Crippen LogP contribution < -0.4 is 0 Å². The Balaban J connectivity index is 1.68. The lowest BCUT2D eigenvalue weighted by molar-refractivity contribution is -0.0791. The molecule has 2 fully saturated rings. The average molecular weight is 146 g/mol. The Morgan fingerprint density at radius 3 is 2.80 bits per heavy atom. The fourth-order valence-corrected chi connectivity index (χ4v) is 0.710. The summed E-state index contributed by atoms with van der Waals surface area (Å²) in [4.78, 5) is 0. The lowest BCUT2D eigenvalue weighted by Crippen LogP contribution is -2.23. The van der Waals surface area contributed by atoms with Crippen LogP contribution in [-0.2, 0) is 14.2 Å². The zero-order valence-electron chi connectivity index (χ0n) is 5.58. The molecule has 58 valence electrons. The van der Waals surface area contributed by atoms with E-state index >= 15 is 0 Å². The smallest absolute Gasteiger partial charge is 0.216 e. The van der Waals surface area contributed by atoms with Crippen LogP contribution in [0.1, 0.15) is 0 Å². The lowest BCUT2D eigenvalue weighted by atomic mass is 10.4. The first-order chi connectivity index (χ1) is 4.85. The largest absolute Gasteiger partial charge is 0.391 e. The maximum Gasteiger partial charge on any atom is 0.216 e. The monoisotopic (exact) mass is 146 g/mol. The number of ether oxygens (including phenoxy) is 3. The van der Waals surface area contributed by atoms with Crippen molar-refractivity contribution >= 4 is 0 Å². The molecule has 0 bridgehead atoms. The Hall–Kier alpha value is -0.160. The molecule has 4 heteroatoms. The van der Waals surface area contributed by atoms with Crippen molar-refractivity contribution < 1.29 is 19.3 Å². The molecule has 0 aliphatic carbocycles. The van der Waals surface area contributed by atoms with E-state index in [9.17, 15) is 0 Å². The van der Waals surface area contributed by atoms with Crippen molar-refractivity contribution in [2.24, 2.45) is 0 Å². The molecule has 2 heterocycles. The van der Waals surface area contributed by atoms with Crippen molar-refractivity contribution in [3.63, 3.8) is 0 Å². The first-order valence-electron chi connectivity index (χ1n) is 3.35. The molecule has 0 radical (unpaired) electrons. The van der Waals surface area contributed by atoms with Gasteiger partial charge < -0.3 is 19.3 Å². The minimum Gasteiger partial charge on any atom is -0.391 e. The number of aliphatic hydroxyl groups is 1. The third-order valence-electron chi connectivity index (χ3n) is 1.64. The standard InChI is InChI=1S/C6H10O4/c7-3-6(4-10-6)9-2-5-1-8-5/h5,7H,1-4H2. The SMILES string of the molecule is OCC1(OCC2CO2)CO1. The van der Waals surface area contributed by atoms with Gasteiger partial charge in [0.05, 0.1) is 19.8 Å². The van der Waals surface area contributed by atoms with Crippen molar-refractivity contribution in [2.75, 3.05) is 26.4 Å². The van der Waals surface area contributed by atoms with Crippen LogP contribution in [0.2, 0.25) is 0 Å². The molecule has 0 saturated carbocycles. The van der Waals surface area contributed by atoms with Gasteiger partial charge in [0.2, 0.25) is 5.79 Å². The van der Waals surface area contributed by atoms with Gasteiger partial charge in [-0.15, -0.1) is 0 Å². The van der Waals surface area contributed by atoms with Crippen LogP contribution >= 0.6 is 0 Å². The van der Waals surface area contributed by atoms with E-state index in [1.165, 1.54) is 0 Å². The fraction of sp³-hybridized carbons (Fsp3) is 1.00. The summed E-state index contributed by atoms with van der Waals surface area (Å²) < 4.78 is 15.0. The second-order valence-electron chi connectivity index (χ2n) is 2.62. The first-order valence-corrected chi connectivity index (χ1v) is 3.35. The maximum atomic E-state index is 8.70. The molecular weight excluding hydrogens is 136 g/mol. The summed E-state index contributed by atoms with van der Waals surface area (Å²) in [6.45, 7) is 1.78. The Morgan fingerprint density at radius 2 is 2.40 bits per heavy atom. The minimum atomic E-state index is -0.661. The third kappa shape index (κ3) is 1.29. The van der Waals surface area contributed by atoms with Crippen LogP contribution in [-0.4, -0.2) is 43.4 Å². The van der Waals surface area contributed by atoms with Crippen LogP contribution in [0.3, 0.4) is 0 Å². The average Bonchev–Trinajstić information content (AvgIpc) is 2.83. The van der Waals surface area contributed by atoms with Crippen molar-refractivity contribution in [3.8, 4) is 0 Å². The second kappa shape index (κ2) is 2.17. The highest BCUT2D eigenvalue weighted by Gasteiger charge is 2.47. The highest BCUT2D eigenvalue weighted by atomic mass is 16.8. The topological polar surface area (TPSA) is 54.5 Å². The van der Waals surface area contributed by atoms with Crippen LogP contribution in [0, 0.1) is 0 Å². The van der Waals surface area contributed by atoms with E-state index in [4.69, 9.17) is 19.3 Å². The molecule has 10 heavy (non-hydrogen) atoms. The van der Waals surface area contributed by atoms with E-state index in [2.05, 4.69) is 0 Å². The highest BCUT2D eigenvalue weighted by Crippen LogP contribution is 2.28. The molecule has 1 N–H and O–H groups in total. The summed E-state index contributed by atoms with van der Waals surface area (Å²) in [5.41, 5.74) is 0. The molecule has 2 rings (SSSR count). The number of epoxide rings is 2. The van der Waals surface area contributed by atoms with Crippen molar-refractivity contribution in [1.29, 1.82) is 0 Å². The van der Waals surface area contributed by atoms with Crippen LogP contribution in [0.4, 0.5) is 0 Å². The molecule has 0 aromatic heterocycles. The molecule has 0 amide bonds.